The van der Waals surface area contributed by atoms with Gasteiger partial charge in [-0.1, -0.05) is 0 Å². The summed E-state index contributed by atoms with van der Waals surface area (Å²) in [5, 5.41) is 9.46. The van der Waals surface area contributed by atoms with Gasteiger partial charge in [-0.05, 0) is 25.4 Å². The standard InChI is InChI=1S/C12H13N3O4S/c1-5-8(12(17)18)11(20-14-5)15(4)10(16)9-6(2)13-7(3)19-9/h1-4H3,(H,17,18). The van der Waals surface area contributed by atoms with Gasteiger partial charge in [-0.15, -0.1) is 0 Å². The molecular weight excluding hydrogens is 282 g/mol. The van der Waals surface area contributed by atoms with E-state index in [4.69, 9.17) is 4.42 Å². The molecule has 1 N–H and O–H groups in total. The van der Waals surface area contributed by atoms with Crippen molar-refractivity contribution in [2.24, 2.45) is 0 Å². The van der Waals surface area contributed by atoms with Crippen molar-refractivity contribution in [2.45, 2.75) is 20.8 Å². The number of carbonyl (C=O) groups excluding carboxylic acids is 1. The molecule has 0 atom stereocenters. The van der Waals surface area contributed by atoms with Gasteiger partial charge in [-0.2, -0.15) is 4.37 Å². The fraction of sp³-hybridized carbons (Fsp3) is 0.333. The predicted octanol–water partition coefficient (Wildman–Crippen LogP) is 2.03. The van der Waals surface area contributed by atoms with Crippen molar-refractivity contribution >= 4 is 28.4 Å². The maximum absolute atomic E-state index is 12.3. The monoisotopic (exact) mass is 295 g/mol. The van der Waals surface area contributed by atoms with E-state index in [0.717, 1.165) is 11.5 Å². The lowest BCUT2D eigenvalue weighted by Crippen LogP contribution is -2.27. The summed E-state index contributed by atoms with van der Waals surface area (Å²) in [5.74, 6) is -1.07. The van der Waals surface area contributed by atoms with E-state index < -0.39 is 11.9 Å². The van der Waals surface area contributed by atoms with Crippen LogP contribution in [-0.2, 0) is 0 Å². The van der Waals surface area contributed by atoms with Crippen LogP contribution in [0.4, 0.5) is 5.00 Å². The minimum Gasteiger partial charge on any atom is -0.478 e. The van der Waals surface area contributed by atoms with Crippen molar-refractivity contribution in [1.29, 1.82) is 0 Å². The van der Waals surface area contributed by atoms with Gasteiger partial charge in [0.25, 0.3) is 5.91 Å². The van der Waals surface area contributed by atoms with Gasteiger partial charge >= 0.3 is 5.97 Å². The lowest BCUT2D eigenvalue weighted by Gasteiger charge is -2.14. The second-order valence-corrected chi connectivity index (χ2v) is 5.02. The van der Waals surface area contributed by atoms with Crippen molar-refractivity contribution in [3.05, 3.63) is 28.6 Å². The Morgan fingerprint density at radius 1 is 1.25 bits per heavy atom. The number of hydrogen-bond acceptors (Lipinski definition) is 6. The van der Waals surface area contributed by atoms with Crippen molar-refractivity contribution in [1.82, 2.24) is 9.36 Å². The molecule has 0 aliphatic carbocycles. The summed E-state index contributed by atoms with van der Waals surface area (Å²) in [6.45, 7) is 4.89. The fourth-order valence-corrected chi connectivity index (χ4v) is 2.65. The van der Waals surface area contributed by atoms with Crippen LogP contribution in [0, 0.1) is 20.8 Å². The van der Waals surface area contributed by atoms with E-state index in [9.17, 15) is 14.7 Å². The number of nitrogens with zero attached hydrogens (tertiary/aromatic N) is 3. The maximum atomic E-state index is 12.3. The molecule has 106 valence electrons. The van der Waals surface area contributed by atoms with Crippen LogP contribution in [0.25, 0.3) is 0 Å². The number of rotatable bonds is 3. The SMILES string of the molecule is Cc1nc(C)c(C(=O)N(C)c2snc(C)c2C(=O)O)o1. The Labute approximate surface area is 119 Å². The largest absolute Gasteiger partial charge is 0.478 e. The van der Waals surface area contributed by atoms with Crippen LogP contribution >= 0.6 is 11.5 Å². The number of aromatic carboxylic acids is 1. The summed E-state index contributed by atoms with van der Waals surface area (Å²) < 4.78 is 9.24. The van der Waals surface area contributed by atoms with Crippen LogP contribution in [0.2, 0.25) is 0 Å². The summed E-state index contributed by atoms with van der Waals surface area (Å²) in [4.78, 5) is 28.8. The molecule has 8 heteroatoms. The third-order valence-corrected chi connectivity index (χ3v) is 3.78. The van der Waals surface area contributed by atoms with E-state index in [-0.39, 0.29) is 16.3 Å². The van der Waals surface area contributed by atoms with E-state index >= 15 is 0 Å². The first-order chi connectivity index (χ1) is 9.32. The van der Waals surface area contributed by atoms with Gasteiger partial charge in [0.2, 0.25) is 5.76 Å². The Balaban J connectivity index is 2.42. The molecule has 0 aliphatic heterocycles. The van der Waals surface area contributed by atoms with Crippen LogP contribution in [0.15, 0.2) is 4.42 Å². The Kier molecular flexibility index (Phi) is 3.58. The third-order valence-electron chi connectivity index (χ3n) is 2.77. The minimum absolute atomic E-state index is 0.0275. The molecule has 2 aromatic rings. The number of anilines is 1. The summed E-state index contributed by atoms with van der Waals surface area (Å²) in [7, 11) is 1.49. The highest BCUT2D eigenvalue weighted by atomic mass is 32.1. The Hall–Kier alpha value is -2.22. The van der Waals surface area contributed by atoms with Gasteiger partial charge in [0, 0.05) is 14.0 Å². The average Bonchev–Trinajstić information content (AvgIpc) is 2.90. The molecule has 20 heavy (non-hydrogen) atoms. The predicted molar refractivity (Wildman–Crippen MR) is 72.5 cm³/mol. The first-order valence-corrected chi connectivity index (χ1v) is 6.52. The van der Waals surface area contributed by atoms with Crippen molar-refractivity contribution in [3.63, 3.8) is 0 Å². The van der Waals surface area contributed by atoms with E-state index in [1.807, 2.05) is 0 Å². The molecule has 0 spiro atoms. The molecule has 0 saturated carbocycles. The normalized spacial score (nSPS) is 10.6. The van der Waals surface area contributed by atoms with Crippen LogP contribution in [0.5, 0.6) is 0 Å². The third kappa shape index (κ3) is 2.29. The molecule has 1 amide bonds. The van der Waals surface area contributed by atoms with Crippen molar-refractivity contribution in [3.8, 4) is 0 Å². The summed E-state index contributed by atoms with van der Waals surface area (Å²) >= 11 is 0.960. The first kappa shape index (κ1) is 14.2. The average molecular weight is 295 g/mol. The molecule has 0 saturated heterocycles. The van der Waals surface area contributed by atoms with Gasteiger partial charge in [0.05, 0.1) is 11.4 Å². The zero-order valence-electron chi connectivity index (χ0n) is 11.4. The molecule has 0 fully saturated rings. The minimum atomic E-state index is -1.11. The van der Waals surface area contributed by atoms with E-state index in [0.29, 0.717) is 17.3 Å². The molecular formula is C12H13N3O4S. The van der Waals surface area contributed by atoms with E-state index in [1.54, 1.807) is 20.8 Å². The van der Waals surface area contributed by atoms with Gasteiger partial charge in [-0.25, -0.2) is 9.78 Å². The number of amides is 1. The second-order valence-electron chi connectivity index (χ2n) is 4.26. The highest BCUT2D eigenvalue weighted by Crippen LogP contribution is 2.29. The smallest absolute Gasteiger partial charge is 0.340 e. The lowest BCUT2D eigenvalue weighted by atomic mass is 10.2. The van der Waals surface area contributed by atoms with Crippen molar-refractivity contribution in [2.75, 3.05) is 11.9 Å². The van der Waals surface area contributed by atoms with Gasteiger partial charge in [0.1, 0.15) is 10.6 Å². The van der Waals surface area contributed by atoms with Gasteiger partial charge < -0.3 is 9.52 Å². The lowest BCUT2D eigenvalue weighted by molar-refractivity contribution is 0.0697. The van der Waals surface area contributed by atoms with Gasteiger partial charge in [0.15, 0.2) is 5.89 Å². The molecule has 0 unspecified atom stereocenters. The summed E-state index contributed by atoms with van der Waals surface area (Å²) in [6, 6.07) is 0. The zero-order valence-corrected chi connectivity index (χ0v) is 12.2. The van der Waals surface area contributed by atoms with Crippen LogP contribution < -0.4 is 4.90 Å². The number of carboxylic acids is 1. The van der Waals surface area contributed by atoms with Crippen molar-refractivity contribution < 1.29 is 19.1 Å². The fourth-order valence-electron chi connectivity index (χ4n) is 1.81. The first-order valence-electron chi connectivity index (χ1n) is 5.74. The highest BCUT2D eigenvalue weighted by Gasteiger charge is 2.27. The molecule has 0 aliphatic rings. The highest BCUT2D eigenvalue weighted by molar-refractivity contribution is 7.11. The Morgan fingerprint density at radius 3 is 2.40 bits per heavy atom. The van der Waals surface area contributed by atoms with Crippen LogP contribution in [-0.4, -0.2) is 33.4 Å². The molecule has 7 nitrogen and oxygen atoms in total. The maximum Gasteiger partial charge on any atom is 0.340 e. The van der Waals surface area contributed by atoms with Crippen LogP contribution in [0.3, 0.4) is 0 Å². The number of oxazole rings is 1. The second kappa shape index (κ2) is 5.04. The zero-order chi connectivity index (χ0) is 15.0. The number of aryl methyl sites for hydroxylation is 3. The van der Waals surface area contributed by atoms with E-state index in [1.165, 1.54) is 11.9 Å². The molecule has 2 rings (SSSR count). The molecule has 2 aromatic heterocycles. The quantitative estimate of drug-likeness (QED) is 0.930. The summed E-state index contributed by atoms with van der Waals surface area (Å²) in [6.07, 6.45) is 0. The van der Waals surface area contributed by atoms with Gasteiger partial charge in [-0.3, -0.25) is 9.69 Å². The number of carboxylic acid groups (broad SMARTS) is 1. The number of aromatic nitrogens is 2. The Morgan fingerprint density at radius 2 is 1.90 bits per heavy atom. The van der Waals surface area contributed by atoms with E-state index in [2.05, 4.69) is 9.36 Å². The molecule has 2 heterocycles. The molecule has 0 aromatic carbocycles. The Bertz CT molecular complexity index is 689. The summed E-state index contributed by atoms with van der Waals surface area (Å²) in [5.41, 5.74) is 0.875. The molecule has 0 radical (unpaired) electrons. The molecule has 0 bridgehead atoms. The number of carbonyl (C=O) groups is 2. The topological polar surface area (TPSA) is 96.5 Å². The van der Waals surface area contributed by atoms with Crippen LogP contribution in [0.1, 0.15) is 38.2 Å². The number of hydrogen-bond donors (Lipinski definition) is 1.